The Hall–Kier alpha value is -1.00. The molecule has 2 N–H and O–H groups in total. The minimum atomic E-state index is -0.0491. The summed E-state index contributed by atoms with van der Waals surface area (Å²) < 4.78 is 5.09. The van der Waals surface area contributed by atoms with Crippen LogP contribution in [0.25, 0.3) is 0 Å². The van der Waals surface area contributed by atoms with E-state index in [0.29, 0.717) is 12.4 Å². The zero-order chi connectivity index (χ0) is 9.68. The third-order valence-electron chi connectivity index (χ3n) is 1.88. The molecular weight excluding hydrogens is 166 g/mol. The summed E-state index contributed by atoms with van der Waals surface area (Å²) in [7, 11) is 1.64. The maximum absolute atomic E-state index is 5.40. The first kappa shape index (κ1) is 10.1. The van der Waals surface area contributed by atoms with Gasteiger partial charge in [0, 0.05) is 19.5 Å². The predicted molar refractivity (Wildman–Crippen MR) is 50.2 cm³/mol. The van der Waals surface area contributed by atoms with Crippen molar-refractivity contribution in [2.75, 3.05) is 13.7 Å². The van der Waals surface area contributed by atoms with Crippen LogP contribution in [0.2, 0.25) is 0 Å². The summed E-state index contributed by atoms with van der Waals surface area (Å²) in [6, 6.07) is 0. The maximum atomic E-state index is 5.40. The van der Waals surface area contributed by atoms with Crippen LogP contribution >= 0.6 is 0 Å². The average molecular weight is 181 g/mol. The van der Waals surface area contributed by atoms with Gasteiger partial charge in [0.1, 0.15) is 6.10 Å². The topological polar surface area (TPSA) is 61.0 Å². The molecule has 1 aromatic rings. The third kappa shape index (κ3) is 2.75. The van der Waals surface area contributed by atoms with E-state index >= 15 is 0 Å². The van der Waals surface area contributed by atoms with Crippen LogP contribution in [0, 0.1) is 0 Å². The first-order valence-electron chi connectivity index (χ1n) is 4.31. The normalized spacial score (nSPS) is 12.8. The summed E-state index contributed by atoms with van der Waals surface area (Å²) in [6.45, 7) is 2.54. The van der Waals surface area contributed by atoms with Crippen LogP contribution in [-0.2, 0) is 11.2 Å². The van der Waals surface area contributed by atoms with Crippen LogP contribution in [0.4, 0.5) is 0 Å². The zero-order valence-corrected chi connectivity index (χ0v) is 8.03. The van der Waals surface area contributed by atoms with Gasteiger partial charge in [-0.05, 0) is 25.5 Å². The molecule has 1 rings (SSSR count). The van der Waals surface area contributed by atoms with Crippen molar-refractivity contribution >= 4 is 0 Å². The fourth-order valence-corrected chi connectivity index (χ4v) is 0.976. The molecule has 0 aromatic carbocycles. The van der Waals surface area contributed by atoms with Gasteiger partial charge in [-0.25, -0.2) is 9.97 Å². The van der Waals surface area contributed by atoms with E-state index in [1.165, 1.54) is 0 Å². The molecule has 72 valence electrons. The fourth-order valence-electron chi connectivity index (χ4n) is 0.976. The highest BCUT2D eigenvalue weighted by molar-refractivity contribution is 5.06. The first-order chi connectivity index (χ1) is 6.27. The van der Waals surface area contributed by atoms with Crippen LogP contribution in [0.1, 0.15) is 24.4 Å². The number of ether oxygens (including phenoxy) is 1. The molecule has 0 saturated carbocycles. The summed E-state index contributed by atoms with van der Waals surface area (Å²) in [5, 5.41) is 0. The van der Waals surface area contributed by atoms with Crippen LogP contribution in [-0.4, -0.2) is 23.6 Å². The van der Waals surface area contributed by atoms with Gasteiger partial charge in [0.05, 0.1) is 0 Å². The van der Waals surface area contributed by atoms with Crippen LogP contribution in [0.5, 0.6) is 0 Å². The summed E-state index contributed by atoms with van der Waals surface area (Å²) >= 11 is 0. The monoisotopic (exact) mass is 181 g/mol. The third-order valence-corrected chi connectivity index (χ3v) is 1.88. The van der Waals surface area contributed by atoms with Gasteiger partial charge in [0.25, 0.3) is 0 Å². The Labute approximate surface area is 78.1 Å². The predicted octanol–water partition coefficient (Wildman–Crippen LogP) is 0.685. The van der Waals surface area contributed by atoms with E-state index in [0.717, 1.165) is 12.0 Å². The van der Waals surface area contributed by atoms with Crippen molar-refractivity contribution in [2.45, 2.75) is 19.4 Å². The molecule has 13 heavy (non-hydrogen) atoms. The molecule has 0 saturated heterocycles. The molecule has 0 bridgehead atoms. The number of hydrogen-bond acceptors (Lipinski definition) is 4. The average Bonchev–Trinajstić information content (AvgIpc) is 2.18. The molecule has 0 aliphatic carbocycles. The first-order valence-corrected chi connectivity index (χ1v) is 4.31. The van der Waals surface area contributed by atoms with Crippen LogP contribution in [0.15, 0.2) is 12.4 Å². The second-order valence-electron chi connectivity index (χ2n) is 2.87. The zero-order valence-electron chi connectivity index (χ0n) is 8.03. The molecule has 1 heterocycles. The molecule has 0 fully saturated rings. The molecule has 1 aromatic heterocycles. The van der Waals surface area contributed by atoms with E-state index in [2.05, 4.69) is 9.97 Å². The number of nitrogens with two attached hydrogens (primary N) is 1. The van der Waals surface area contributed by atoms with Crippen molar-refractivity contribution in [1.82, 2.24) is 9.97 Å². The van der Waals surface area contributed by atoms with Crippen LogP contribution in [0.3, 0.4) is 0 Å². The molecule has 0 spiro atoms. The number of nitrogens with zero attached hydrogens (tertiary/aromatic N) is 2. The summed E-state index contributed by atoms with van der Waals surface area (Å²) in [4.78, 5) is 8.35. The van der Waals surface area contributed by atoms with Gasteiger partial charge >= 0.3 is 0 Å². The quantitative estimate of drug-likeness (QED) is 0.742. The lowest BCUT2D eigenvalue weighted by Gasteiger charge is -2.07. The van der Waals surface area contributed by atoms with Crippen molar-refractivity contribution in [2.24, 2.45) is 5.73 Å². The van der Waals surface area contributed by atoms with Gasteiger partial charge in [-0.2, -0.15) is 0 Å². The second-order valence-corrected chi connectivity index (χ2v) is 2.87. The molecule has 4 heteroatoms. The Morgan fingerprint density at radius 2 is 2.08 bits per heavy atom. The van der Waals surface area contributed by atoms with Gasteiger partial charge in [-0.15, -0.1) is 0 Å². The Kier molecular flexibility index (Phi) is 3.79. The highest BCUT2D eigenvalue weighted by atomic mass is 16.5. The highest BCUT2D eigenvalue weighted by Crippen LogP contribution is 2.09. The molecule has 1 atom stereocenters. The molecular formula is C9H15N3O. The largest absolute Gasteiger partial charge is 0.374 e. The van der Waals surface area contributed by atoms with E-state index in [9.17, 15) is 0 Å². The lowest BCUT2D eigenvalue weighted by atomic mass is 10.2. The fraction of sp³-hybridized carbons (Fsp3) is 0.556. The van der Waals surface area contributed by atoms with Crippen molar-refractivity contribution in [3.8, 4) is 0 Å². The number of rotatable bonds is 4. The molecule has 0 amide bonds. The van der Waals surface area contributed by atoms with Crippen molar-refractivity contribution in [3.63, 3.8) is 0 Å². The van der Waals surface area contributed by atoms with Gasteiger partial charge in [-0.3, -0.25) is 0 Å². The standard InChI is InChI=1S/C9H15N3O/c1-7(13-2)9-11-5-8(3-4-10)6-12-9/h5-7H,3-4,10H2,1-2H3. The van der Waals surface area contributed by atoms with E-state index in [4.69, 9.17) is 10.5 Å². The summed E-state index contributed by atoms with van der Waals surface area (Å²) in [5.41, 5.74) is 6.47. The lowest BCUT2D eigenvalue weighted by molar-refractivity contribution is 0.112. The second kappa shape index (κ2) is 4.89. The van der Waals surface area contributed by atoms with E-state index < -0.39 is 0 Å². The lowest BCUT2D eigenvalue weighted by Crippen LogP contribution is -2.06. The maximum Gasteiger partial charge on any atom is 0.156 e. The van der Waals surface area contributed by atoms with Crippen molar-refractivity contribution in [1.29, 1.82) is 0 Å². The van der Waals surface area contributed by atoms with Gasteiger partial charge in [-0.1, -0.05) is 0 Å². The SMILES string of the molecule is COC(C)c1ncc(CCN)cn1. The number of methoxy groups -OCH3 is 1. The molecule has 0 aliphatic heterocycles. The van der Waals surface area contributed by atoms with Crippen molar-refractivity contribution in [3.05, 3.63) is 23.8 Å². The summed E-state index contributed by atoms with van der Waals surface area (Å²) in [5.74, 6) is 0.711. The molecule has 0 radical (unpaired) electrons. The van der Waals surface area contributed by atoms with Gasteiger partial charge in [0.2, 0.25) is 0 Å². The molecule has 1 unspecified atom stereocenters. The van der Waals surface area contributed by atoms with E-state index in [-0.39, 0.29) is 6.10 Å². The van der Waals surface area contributed by atoms with E-state index in [1.54, 1.807) is 19.5 Å². The van der Waals surface area contributed by atoms with Crippen molar-refractivity contribution < 1.29 is 4.74 Å². The van der Waals surface area contributed by atoms with E-state index in [1.807, 2.05) is 6.92 Å². The minimum absolute atomic E-state index is 0.0491. The molecule has 4 nitrogen and oxygen atoms in total. The Morgan fingerprint density at radius 1 is 1.46 bits per heavy atom. The Bertz CT molecular complexity index is 248. The Morgan fingerprint density at radius 3 is 2.54 bits per heavy atom. The Balaban J connectivity index is 2.69. The molecule has 0 aliphatic rings. The number of aromatic nitrogens is 2. The van der Waals surface area contributed by atoms with Gasteiger partial charge in [0.15, 0.2) is 5.82 Å². The summed E-state index contributed by atoms with van der Waals surface area (Å²) in [6.07, 6.45) is 4.36. The minimum Gasteiger partial charge on any atom is -0.374 e. The number of hydrogen-bond donors (Lipinski definition) is 1. The van der Waals surface area contributed by atoms with Crippen LogP contribution < -0.4 is 5.73 Å². The highest BCUT2D eigenvalue weighted by Gasteiger charge is 2.05. The smallest absolute Gasteiger partial charge is 0.156 e. The van der Waals surface area contributed by atoms with Gasteiger partial charge < -0.3 is 10.5 Å².